The zero-order chi connectivity index (χ0) is 18.0. The normalized spacial score (nSPS) is 14.4. The molecule has 130 valence electrons. The van der Waals surface area contributed by atoms with E-state index in [-0.39, 0.29) is 5.56 Å². The molecule has 0 aliphatic carbocycles. The zero-order valence-electron chi connectivity index (χ0n) is 13.0. The van der Waals surface area contributed by atoms with Crippen molar-refractivity contribution in [3.05, 3.63) is 65.5 Å². The van der Waals surface area contributed by atoms with Crippen molar-refractivity contribution >= 4 is 10.0 Å². The van der Waals surface area contributed by atoms with E-state index in [4.69, 9.17) is 4.74 Å². The molecule has 0 aromatic heterocycles. The summed E-state index contributed by atoms with van der Waals surface area (Å²) in [5, 5.41) is 0. The van der Waals surface area contributed by atoms with Crippen LogP contribution in [0.1, 0.15) is 12.5 Å². The number of methoxy groups -OCH3 is 1. The second-order valence-electron chi connectivity index (χ2n) is 5.29. The van der Waals surface area contributed by atoms with Crippen LogP contribution >= 0.6 is 0 Å². The smallest absolute Gasteiger partial charge is 0.246 e. The van der Waals surface area contributed by atoms with Gasteiger partial charge in [0.2, 0.25) is 10.0 Å². The topological polar surface area (TPSA) is 55.4 Å². The van der Waals surface area contributed by atoms with E-state index in [9.17, 15) is 21.6 Å². The average molecular weight is 359 g/mol. The van der Waals surface area contributed by atoms with Gasteiger partial charge in [0, 0.05) is 19.2 Å². The Morgan fingerprint density at radius 3 is 2.08 bits per heavy atom. The van der Waals surface area contributed by atoms with E-state index in [1.807, 2.05) is 0 Å². The molecule has 0 radical (unpaired) electrons. The molecule has 0 bridgehead atoms. The molecule has 8 heteroatoms. The molecule has 1 unspecified atom stereocenters. The lowest BCUT2D eigenvalue weighted by Gasteiger charge is -2.29. The fourth-order valence-electron chi connectivity index (χ4n) is 2.21. The molecule has 2 rings (SSSR count). The number of hydrogen-bond acceptors (Lipinski definition) is 3. The number of ether oxygens (including phenoxy) is 1. The lowest BCUT2D eigenvalue weighted by Crippen LogP contribution is -2.41. The molecule has 0 heterocycles. The number of sulfonamides is 1. The van der Waals surface area contributed by atoms with E-state index >= 15 is 0 Å². The SMILES string of the molecule is COC(C)(CNS(=O)(=O)c1c(F)cccc1F)c1ccccc1F. The first-order valence-corrected chi connectivity index (χ1v) is 8.43. The molecule has 24 heavy (non-hydrogen) atoms. The summed E-state index contributed by atoms with van der Waals surface area (Å²) in [7, 11) is -3.21. The van der Waals surface area contributed by atoms with Crippen LogP contribution in [0.5, 0.6) is 0 Å². The van der Waals surface area contributed by atoms with Crippen LogP contribution in [0.2, 0.25) is 0 Å². The Labute approximate surface area is 138 Å². The highest BCUT2D eigenvalue weighted by Crippen LogP contribution is 2.27. The number of hydrogen-bond donors (Lipinski definition) is 1. The third kappa shape index (κ3) is 3.61. The Bertz CT molecular complexity index is 822. The third-order valence-electron chi connectivity index (χ3n) is 3.68. The highest BCUT2D eigenvalue weighted by atomic mass is 32.2. The van der Waals surface area contributed by atoms with Crippen molar-refractivity contribution in [3.8, 4) is 0 Å². The fraction of sp³-hybridized carbons (Fsp3) is 0.250. The Morgan fingerprint density at radius 2 is 1.54 bits per heavy atom. The van der Waals surface area contributed by atoms with Gasteiger partial charge in [0.1, 0.15) is 23.1 Å². The Hall–Kier alpha value is -1.90. The monoisotopic (exact) mass is 359 g/mol. The van der Waals surface area contributed by atoms with Crippen LogP contribution in [-0.4, -0.2) is 22.1 Å². The first-order chi connectivity index (χ1) is 11.2. The number of halogens is 3. The summed E-state index contributed by atoms with van der Waals surface area (Å²) in [6.07, 6.45) is 0. The summed E-state index contributed by atoms with van der Waals surface area (Å²) < 4.78 is 73.1. The third-order valence-corrected chi connectivity index (χ3v) is 5.13. The van der Waals surface area contributed by atoms with Gasteiger partial charge in [-0.2, -0.15) is 0 Å². The molecule has 0 saturated carbocycles. The second kappa shape index (κ2) is 6.92. The number of benzene rings is 2. The van der Waals surface area contributed by atoms with Crippen LogP contribution in [0.4, 0.5) is 13.2 Å². The van der Waals surface area contributed by atoms with Gasteiger partial charge in [0.25, 0.3) is 0 Å². The maximum Gasteiger partial charge on any atom is 0.246 e. The predicted molar refractivity (Wildman–Crippen MR) is 82.3 cm³/mol. The van der Waals surface area contributed by atoms with Gasteiger partial charge in [-0.15, -0.1) is 0 Å². The van der Waals surface area contributed by atoms with Crippen molar-refractivity contribution in [2.24, 2.45) is 0 Å². The molecule has 1 atom stereocenters. The zero-order valence-corrected chi connectivity index (χ0v) is 13.8. The van der Waals surface area contributed by atoms with E-state index in [1.54, 1.807) is 6.07 Å². The van der Waals surface area contributed by atoms with Gasteiger partial charge in [0.15, 0.2) is 4.90 Å². The van der Waals surface area contributed by atoms with E-state index in [0.717, 1.165) is 18.2 Å². The summed E-state index contributed by atoms with van der Waals surface area (Å²) in [6, 6.07) is 8.43. The van der Waals surface area contributed by atoms with Gasteiger partial charge in [-0.25, -0.2) is 26.3 Å². The quantitative estimate of drug-likeness (QED) is 0.863. The van der Waals surface area contributed by atoms with Crippen LogP contribution < -0.4 is 4.72 Å². The van der Waals surface area contributed by atoms with E-state index in [1.165, 1.54) is 32.2 Å². The Morgan fingerprint density at radius 1 is 1.00 bits per heavy atom. The first kappa shape index (κ1) is 18.4. The van der Waals surface area contributed by atoms with Crippen LogP contribution in [0.25, 0.3) is 0 Å². The molecule has 0 amide bonds. The van der Waals surface area contributed by atoms with Crippen molar-refractivity contribution in [1.82, 2.24) is 4.72 Å². The summed E-state index contributed by atoms with van der Waals surface area (Å²) in [6.45, 7) is 1.05. The molecular formula is C16H16F3NO3S. The summed E-state index contributed by atoms with van der Waals surface area (Å²) in [5.74, 6) is -3.02. The molecule has 0 spiro atoms. The van der Waals surface area contributed by atoms with Crippen LogP contribution in [0.3, 0.4) is 0 Å². The number of nitrogens with one attached hydrogen (secondary N) is 1. The van der Waals surface area contributed by atoms with Crippen molar-refractivity contribution in [2.45, 2.75) is 17.4 Å². The summed E-state index contributed by atoms with van der Waals surface area (Å²) in [5.41, 5.74) is -1.25. The lowest BCUT2D eigenvalue weighted by atomic mass is 9.95. The van der Waals surface area contributed by atoms with Crippen LogP contribution in [0, 0.1) is 17.5 Å². The van der Waals surface area contributed by atoms with Crippen molar-refractivity contribution in [2.75, 3.05) is 13.7 Å². The van der Waals surface area contributed by atoms with E-state index < -0.39 is 44.5 Å². The first-order valence-electron chi connectivity index (χ1n) is 6.95. The lowest BCUT2D eigenvalue weighted by molar-refractivity contribution is 0.00408. The molecule has 0 aliphatic rings. The molecule has 0 aliphatic heterocycles. The minimum Gasteiger partial charge on any atom is -0.372 e. The minimum atomic E-state index is -4.49. The summed E-state index contributed by atoms with van der Waals surface area (Å²) in [4.78, 5) is -1.09. The molecule has 2 aromatic rings. The van der Waals surface area contributed by atoms with E-state index in [2.05, 4.69) is 4.72 Å². The largest absolute Gasteiger partial charge is 0.372 e. The Balaban J connectivity index is 2.32. The Kier molecular flexibility index (Phi) is 5.32. The fourth-order valence-corrected chi connectivity index (χ4v) is 3.47. The second-order valence-corrected chi connectivity index (χ2v) is 6.99. The highest BCUT2D eigenvalue weighted by Gasteiger charge is 2.32. The molecule has 1 N–H and O–H groups in total. The van der Waals surface area contributed by atoms with Gasteiger partial charge < -0.3 is 4.74 Å². The van der Waals surface area contributed by atoms with Gasteiger partial charge in [-0.3, -0.25) is 0 Å². The predicted octanol–water partition coefficient (Wildman–Crippen LogP) is 2.94. The van der Waals surface area contributed by atoms with Crippen molar-refractivity contribution in [1.29, 1.82) is 0 Å². The summed E-state index contributed by atoms with van der Waals surface area (Å²) >= 11 is 0. The van der Waals surface area contributed by atoms with Gasteiger partial charge in [0.05, 0.1) is 0 Å². The maximum atomic E-state index is 14.0. The standard InChI is InChI=1S/C16H16F3NO3S/c1-16(23-2,11-6-3-4-7-12(11)17)10-20-24(21,22)15-13(18)8-5-9-14(15)19/h3-9,20H,10H2,1-2H3. The maximum absolute atomic E-state index is 14.0. The van der Waals surface area contributed by atoms with E-state index in [0.29, 0.717) is 0 Å². The molecular weight excluding hydrogens is 343 g/mol. The average Bonchev–Trinajstić information content (AvgIpc) is 2.53. The molecule has 4 nitrogen and oxygen atoms in total. The van der Waals surface area contributed by atoms with Crippen molar-refractivity contribution < 1.29 is 26.3 Å². The van der Waals surface area contributed by atoms with Gasteiger partial charge in [-0.05, 0) is 25.1 Å². The van der Waals surface area contributed by atoms with Crippen LogP contribution in [-0.2, 0) is 20.4 Å². The van der Waals surface area contributed by atoms with Crippen LogP contribution in [0.15, 0.2) is 47.4 Å². The minimum absolute atomic E-state index is 0.115. The number of rotatable bonds is 6. The molecule has 2 aromatic carbocycles. The van der Waals surface area contributed by atoms with Crippen molar-refractivity contribution in [3.63, 3.8) is 0 Å². The van der Waals surface area contributed by atoms with Gasteiger partial charge >= 0.3 is 0 Å². The van der Waals surface area contributed by atoms with Gasteiger partial charge in [-0.1, -0.05) is 24.3 Å². The molecule has 0 saturated heterocycles. The highest BCUT2D eigenvalue weighted by molar-refractivity contribution is 7.89. The molecule has 0 fully saturated rings.